The number of nitrogens with one attached hydrogen (secondary N) is 2. The van der Waals surface area contributed by atoms with E-state index in [-0.39, 0.29) is 12.5 Å². The third kappa shape index (κ3) is 4.56. The zero-order valence-electron chi connectivity index (χ0n) is 16.8. The zero-order valence-corrected chi connectivity index (χ0v) is 16.8. The van der Waals surface area contributed by atoms with Gasteiger partial charge in [0, 0.05) is 29.6 Å². The van der Waals surface area contributed by atoms with Gasteiger partial charge in [-0.1, -0.05) is 12.1 Å². The van der Waals surface area contributed by atoms with Crippen LogP contribution in [0, 0.1) is 0 Å². The molecule has 2 N–H and O–H groups in total. The molecule has 0 unspecified atom stereocenters. The van der Waals surface area contributed by atoms with Gasteiger partial charge in [0.15, 0.2) is 6.61 Å². The highest BCUT2D eigenvalue weighted by molar-refractivity contribution is 5.92. The molecule has 1 aliphatic rings. The number of methoxy groups -OCH3 is 1. The van der Waals surface area contributed by atoms with Gasteiger partial charge in [-0.2, -0.15) is 0 Å². The topological polar surface area (TPSA) is 89.8 Å². The number of furan rings is 1. The van der Waals surface area contributed by atoms with Crippen LogP contribution < -0.4 is 15.4 Å². The van der Waals surface area contributed by atoms with Crippen LogP contribution in [0.25, 0.3) is 11.0 Å². The molecule has 7 nitrogen and oxygen atoms in total. The molecule has 2 aromatic carbocycles. The third-order valence-electron chi connectivity index (χ3n) is 5.16. The third-order valence-corrected chi connectivity index (χ3v) is 5.16. The Bertz CT molecular complexity index is 1060. The van der Waals surface area contributed by atoms with Crippen LogP contribution in [0.5, 0.6) is 5.75 Å². The quantitative estimate of drug-likeness (QED) is 0.638. The molecule has 4 rings (SSSR count). The first kappa shape index (κ1) is 19.8. The van der Waals surface area contributed by atoms with Gasteiger partial charge in [-0.15, -0.1) is 0 Å². The highest BCUT2D eigenvalue weighted by Gasteiger charge is 2.18. The summed E-state index contributed by atoms with van der Waals surface area (Å²) in [6.07, 6.45) is 3.86. The Morgan fingerprint density at radius 2 is 1.87 bits per heavy atom. The second-order valence-corrected chi connectivity index (χ2v) is 7.25. The maximum absolute atomic E-state index is 12.2. The summed E-state index contributed by atoms with van der Waals surface area (Å²) in [7, 11) is 1.32. The first-order valence-electron chi connectivity index (χ1n) is 10.00. The Hall–Kier alpha value is -3.48. The summed E-state index contributed by atoms with van der Waals surface area (Å²) in [5.74, 6) is 1.48. The van der Waals surface area contributed by atoms with Crippen LogP contribution >= 0.6 is 0 Å². The molecule has 1 heterocycles. The SMILES string of the molecule is COC(=O)NCc1ccc(NC(=O)COc2ccc3oc4c(c3c2)CCCC4)cc1. The number of aryl methyl sites for hydroxylation is 2. The summed E-state index contributed by atoms with van der Waals surface area (Å²) < 4.78 is 16.2. The van der Waals surface area contributed by atoms with E-state index < -0.39 is 6.09 Å². The lowest BCUT2D eigenvalue weighted by molar-refractivity contribution is -0.118. The van der Waals surface area contributed by atoms with E-state index in [4.69, 9.17) is 9.15 Å². The molecule has 0 atom stereocenters. The molecule has 3 aromatic rings. The lowest BCUT2D eigenvalue weighted by Crippen LogP contribution is -2.22. The molecule has 0 fully saturated rings. The van der Waals surface area contributed by atoms with Gasteiger partial charge in [0.05, 0.1) is 7.11 Å². The predicted molar refractivity (Wildman–Crippen MR) is 113 cm³/mol. The van der Waals surface area contributed by atoms with Crippen molar-refractivity contribution >= 4 is 28.7 Å². The molecule has 30 heavy (non-hydrogen) atoms. The van der Waals surface area contributed by atoms with E-state index >= 15 is 0 Å². The van der Waals surface area contributed by atoms with Crippen molar-refractivity contribution in [1.82, 2.24) is 5.32 Å². The molecule has 2 amide bonds. The van der Waals surface area contributed by atoms with Crippen molar-refractivity contribution < 1.29 is 23.5 Å². The molecule has 0 saturated heterocycles. The maximum atomic E-state index is 12.2. The summed E-state index contributed by atoms with van der Waals surface area (Å²) >= 11 is 0. The molecular weight excluding hydrogens is 384 g/mol. The number of carbonyl (C=O) groups excluding carboxylic acids is 2. The highest BCUT2D eigenvalue weighted by atomic mass is 16.5. The smallest absolute Gasteiger partial charge is 0.407 e. The molecule has 0 saturated carbocycles. The van der Waals surface area contributed by atoms with E-state index in [0.29, 0.717) is 18.0 Å². The van der Waals surface area contributed by atoms with Crippen LogP contribution in [0.1, 0.15) is 29.7 Å². The predicted octanol–water partition coefficient (Wildman–Crippen LogP) is 4.19. The van der Waals surface area contributed by atoms with Crippen molar-refractivity contribution in [3.63, 3.8) is 0 Å². The van der Waals surface area contributed by atoms with Crippen LogP contribution in [-0.2, 0) is 28.9 Å². The zero-order chi connectivity index (χ0) is 20.9. The van der Waals surface area contributed by atoms with Gasteiger partial charge in [0.2, 0.25) is 0 Å². The lowest BCUT2D eigenvalue weighted by Gasteiger charge is -2.10. The Kier molecular flexibility index (Phi) is 5.88. The van der Waals surface area contributed by atoms with Gasteiger partial charge in [0.25, 0.3) is 5.91 Å². The summed E-state index contributed by atoms with van der Waals surface area (Å²) in [5.41, 5.74) is 3.70. The summed E-state index contributed by atoms with van der Waals surface area (Å²) in [6, 6.07) is 12.9. The van der Waals surface area contributed by atoms with Gasteiger partial charge >= 0.3 is 6.09 Å². The average molecular weight is 408 g/mol. The van der Waals surface area contributed by atoms with Crippen LogP contribution in [-0.4, -0.2) is 25.7 Å². The minimum absolute atomic E-state index is 0.0861. The summed E-state index contributed by atoms with van der Waals surface area (Å²) in [5, 5.41) is 6.49. The summed E-state index contributed by atoms with van der Waals surface area (Å²) in [6.45, 7) is 0.265. The monoisotopic (exact) mass is 408 g/mol. The molecule has 1 aromatic heterocycles. The van der Waals surface area contributed by atoms with Crippen molar-refractivity contribution in [2.75, 3.05) is 19.0 Å². The van der Waals surface area contributed by atoms with Gasteiger partial charge < -0.3 is 24.5 Å². The number of fused-ring (bicyclic) bond motifs is 3. The van der Waals surface area contributed by atoms with Crippen LogP contribution in [0.4, 0.5) is 10.5 Å². The summed E-state index contributed by atoms with van der Waals surface area (Å²) in [4.78, 5) is 23.3. The molecule has 0 radical (unpaired) electrons. The minimum atomic E-state index is -0.487. The Morgan fingerprint density at radius 1 is 1.07 bits per heavy atom. The fraction of sp³-hybridized carbons (Fsp3) is 0.304. The van der Waals surface area contributed by atoms with Crippen molar-refractivity contribution in [2.45, 2.75) is 32.2 Å². The van der Waals surface area contributed by atoms with Gasteiger partial charge in [-0.25, -0.2) is 4.79 Å². The van der Waals surface area contributed by atoms with Crippen molar-refractivity contribution in [3.8, 4) is 5.75 Å². The minimum Gasteiger partial charge on any atom is -0.484 e. The van der Waals surface area contributed by atoms with E-state index in [1.54, 1.807) is 12.1 Å². The second kappa shape index (κ2) is 8.90. The standard InChI is InChI=1S/C23H24N2O5/c1-28-23(27)24-13-15-6-8-16(9-7-15)25-22(26)14-29-17-10-11-21-19(12-17)18-4-2-3-5-20(18)30-21/h6-12H,2-5,13-14H2,1H3,(H,24,27)(H,25,26). The molecule has 0 bridgehead atoms. The molecule has 7 heteroatoms. The number of hydrogen-bond donors (Lipinski definition) is 2. The van der Waals surface area contributed by atoms with Gasteiger partial charge in [-0.3, -0.25) is 4.79 Å². The van der Waals surface area contributed by atoms with Crippen LogP contribution in [0.3, 0.4) is 0 Å². The van der Waals surface area contributed by atoms with Crippen molar-refractivity contribution in [3.05, 3.63) is 59.4 Å². The number of hydrogen-bond acceptors (Lipinski definition) is 5. The Labute approximate surface area is 174 Å². The highest BCUT2D eigenvalue weighted by Crippen LogP contribution is 2.33. The lowest BCUT2D eigenvalue weighted by atomic mass is 9.96. The van der Waals surface area contributed by atoms with Crippen LogP contribution in [0.2, 0.25) is 0 Å². The van der Waals surface area contributed by atoms with Gasteiger partial charge in [0.1, 0.15) is 17.1 Å². The number of carbonyl (C=O) groups is 2. The number of ether oxygens (including phenoxy) is 2. The first-order valence-corrected chi connectivity index (χ1v) is 10.00. The number of benzene rings is 2. The number of anilines is 1. The molecule has 156 valence electrons. The van der Waals surface area contributed by atoms with E-state index in [1.165, 1.54) is 25.5 Å². The normalized spacial score (nSPS) is 12.8. The Balaban J connectivity index is 1.32. The first-order chi connectivity index (χ1) is 14.6. The molecule has 0 spiro atoms. The Morgan fingerprint density at radius 3 is 2.67 bits per heavy atom. The fourth-order valence-electron chi connectivity index (χ4n) is 3.63. The number of amides is 2. The molecule has 1 aliphatic carbocycles. The fourth-order valence-corrected chi connectivity index (χ4v) is 3.63. The largest absolute Gasteiger partial charge is 0.484 e. The average Bonchev–Trinajstić information content (AvgIpc) is 3.15. The maximum Gasteiger partial charge on any atom is 0.407 e. The molecule has 0 aliphatic heterocycles. The van der Waals surface area contributed by atoms with E-state index in [0.717, 1.165) is 35.1 Å². The number of rotatable bonds is 6. The van der Waals surface area contributed by atoms with E-state index in [1.807, 2.05) is 30.3 Å². The molecular formula is C23H24N2O5. The number of alkyl carbamates (subject to hydrolysis) is 1. The van der Waals surface area contributed by atoms with Crippen molar-refractivity contribution in [1.29, 1.82) is 0 Å². The van der Waals surface area contributed by atoms with E-state index in [9.17, 15) is 9.59 Å². The van der Waals surface area contributed by atoms with Crippen molar-refractivity contribution in [2.24, 2.45) is 0 Å². The van der Waals surface area contributed by atoms with E-state index in [2.05, 4.69) is 15.4 Å². The van der Waals surface area contributed by atoms with Crippen LogP contribution in [0.15, 0.2) is 46.9 Å². The second-order valence-electron chi connectivity index (χ2n) is 7.25. The van der Waals surface area contributed by atoms with Gasteiger partial charge in [-0.05, 0) is 55.2 Å².